The first kappa shape index (κ1) is 22.8. The van der Waals surface area contributed by atoms with Crippen molar-refractivity contribution in [2.45, 2.75) is 96.5 Å². The fourth-order valence-corrected chi connectivity index (χ4v) is 2.67. The largest absolute Gasteiger partial charge is 0.467 e. The van der Waals surface area contributed by atoms with Gasteiger partial charge in [0.05, 0.1) is 7.11 Å². The number of hydrogen-bond donors (Lipinski definition) is 1. The fourth-order valence-electron chi connectivity index (χ4n) is 2.67. The number of Topliss-reactive ketones (excluding diaryl/α,β-unsaturated/α-hetero) is 1. The molecular formula is C20H36O4. The average molecular weight is 341 g/mol. The normalized spacial score (nSPS) is 12.0. The molecule has 0 saturated carbocycles. The van der Waals surface area contributed by atoms with E-state index < -0.39 is 12.1 Å². The van der Waals surface area contributed by atoms with Crippen molar-refractivity contribution in [3.05, 3.63) is 12.2 Å². The van der Waals surface area contributed by atoms with Gasteiger partial charge in [-0.15, -0.1) is 0 Å². The van der Waals surface area contributed by atoms with E-state index in [1.807, 2.05) is 0 Å². The van der Waals surface area contributed by atoms with Crippen molar-refractivity contribution in [3.8, 4) is 0 Å². The van der Waals surface area contributed by atoms with Gasteiger partial charge in [0, 0.05) is 6.42 Å². The molecule has 0 rings (SSSR count). The van der Waals surface area contributed by atoms with Crippen LogP contribution in [-0.2, 0) is 14.3 Å². The summed E-state index contributed by atoms with van der Waals surface area (Å²) >= 11 is 0. The Kier molecular flexibility index (Phi) is 14.6. The molecule has 0 spiro atoms. The summed E-state index contributed by atoms with van der Waals surface area (Å²) in [5.41, 5.74) is 0.770. The van der Waals surface area contributed by atoms with Crippen molar-refractivity contribution in [3.63, 3.8) is 0 Å². The van der Waals surface area contributed by atoms with Gasteiger partial charge in [-0.3, -0.25) is 4.79 Å². The van der Waals surface area contributed by atoms with Gasteiger partial charge in [-0.05, 0) is 31.3 Å². The molecule has 0 amide bonds. The van der Waals surface area contributed by atoms with E-state index in [0.717, 1.165) is 44.1 Å². The molecule has 1 atom stereocenters. The Morgan fingerprint density at radius 2 is 1.46 bits per heavy atom. The van der Waals surface area contributed by atoms with Crippen molar-refractivity contribution in [1.29, 1.82) is 0 Å². The standard InChI is InChI=1S/C20H36O4/c1-4-5-6-7-8-11-14-17(2)18(21)15-12-9-10-13-16-19(22)20(23)24-3/h19,22H,2,4-16H2,1,3H3/t19-/m1/s1. The number of allylic oxidation sites excluding steroid dienone is 1. The second-order valence-corrected chi connectivity index (χ2v) is 6.54. The first-order valence-electron chi connectivity index (χ1n) is 9.49. The second kappa shape index (κ2) is 15.4. The van der Waals surface area contributed by atoms with Gasteiger partial charge >= 0.3 is 5.97 Å². The Balaban J connectivity index is 3.54. The molecule has 0 fully saturated rings. The number of aliphatic hydroxyl groups is 1. The zero-order valence-corrected chi connectivity index (χ0v) is 15.6. The third-order valence-electron chi connectivity index (χ3n) is 4.33. The van der Waals surface area contributed by atoms with Crippen molar-refractivity contribution in [2.24, 2.45) is 0 Å². The lowest BCUT2D eigenvalue weighted by atomic mass is 9.99. The van der Waals surface area contributed by atoms with Crippen LogP contribution in [0, 0.1) is 0 Å². The number of esters is 1. The number of methoxy groups -OCH3 is 1. The van der Waals surface area contributed by atoms with E-state index in [-0.39, 0.29) is 5.78 Å². The number of rotatable bonds is 16. The van der Waals surface area contributed by atoms with E-state index >= 15 is 0 Å². The Bertz CT molecular complexity index is 363. The molecule has 140 valence electrons. The maximum absolute atomic E-state index is 12.0. The van der Waals surface area contributed by atoms with E-state index in [2.05, 4.69) is 18.2 Å². The molecule has 0 aliphatic heterocycles. The first-order chi connectivity index (χ1) is 11.5. The zero-order chi connectivity index (χ0) is 18.2. The van der Waals surface area contributed by atoms with E-state index in [1.165, 1.54) is 39.2 Å². The number of carbonyl (C=O) groups is 2. The summed E-state index contributed by atoms with van der Waals surface area (Å²) in [6.45, 7) is 6.13. The summed E-state index contributed by atoms with van der Waals surface area (Å²) in [6, 6.07) is 0. The minimum absolute atomic E-state index is 0.193. The molecule has 4 nitrogen and oxygen atoms in total. The Hall–Kier alpha value is -1.16. The summed E-state index contributed by atoms with van der Waals surface area (Å²) in [7, 11) is 1.27. The molecule has 24 heavy (non-hydrogen) atoms. The maximum atomic E-state index is 12.0. The third-order valence-corrected chi connectivity index (χ3v) is 4.33. The molecule has 0 aliphatic carbocycles. The molecule has 0 radical (unpaired) electrons. The molecule has 0 aromatic carbocycles. The van der Waals surface area contributed by atoms with Crippen LogP contribution in [0.1, 0.15) is 90.4 Å². The molecule has 0 unspecified atom stereocenters. The van der Waals surface area contributed by atoms with Crippen molar-refractivity contribution >= 4 is 11.8 Å². The summed E-state index contributed by atoms with van der Waals surface area (Å²) in [5, 5.41) is 9.45. The smallest absolute Gasteiger partial charge is 0.334 e. The third kappa shape index (κ3) is 12.3. The minimum atomic E-state index is -1.02. The number of unbranched alkanes of at least 4 members (excludes halogenated alkanes) is 8. The van der Waals surface area contributed by atoms with Crippen LogP contribution in [0.4, 0.5) is 0 Å². The first-order valence-corrected chi connectivity index (χ1v) is 9.49. The van der Waals surface area contributed by atoms with Gasteiger partial charge in [-0.25, -0.2) is 4.79 Å². The topological polar surface area (TPSA) is 63.6 Å². The number of carbonyl (C=O) groups excluding carboxylic acids is 2. The minimum Gasteiger partial charge on any atom is -0.467 e. The van der Waals surface area contributed by atoms with E-state index in [4.69, 9.17) is 0 Å². The quantitative estimate of drug-likeness (QED) is 0.250. The highest BCUT2D eigenvalue weighted by molar-refractivity contribution is 5.94. The van der Waals surface area contributed by atoms with Crippen LogP contribution in [-0.4, -0.2) is 30.1 Å². The average Bonchev–Trinajstić information content (AvgIpc) is 2.59. The highest BCUT2D eigenvalue weighted by atomic mass is 16.5. The van der Waals surface area contributed by atoms with Crippen molar-refractivity contribution in [1.82, 2.24) is 0 Å². The van der Waals surface area contributed by atoms with Crippen LogP contribution in [0.15, 0.2) is 12.2 Å². The predicted molar refractivity (Wildman–Crippen MR) is 97.9 cm³/mol. The van der Waals surface area contributed by atoms with Gasteiger partial charge in [0.1, 0.15) is 0 Å². The maximum Gasteiger partial charge on any atom is 0.334 e. The predicted octanol–water partition coefficient (Wildman–Crippen LogP) is 4.74. The van der Waals surface area contributed by atoms with Gasteiger partial charge in [-0.2, -0.15) is 0 Å². The Labute approximate surface area is 147 Å². The number of hydrogen-bond acceptors (Lipinski definition) is 4. The Morgan fingerprint density at radius 1 is 0.917 bits per heavy atom. The summed E-state index contributed by atoms with van der Waals surface area (Å²) in [6.07, 6.45) is 11.6. The van der Waals surface area contributed by atoms with Crippen LogP contribution in [0.25, 0.3) is 0 Å². The lowest BCUT2D eigenvalue weighted by molar-refractivity contribution is -0.150. The molecule has 0 aliphatic rings. The molecule has 0 aromatic heterocycles. The number of ether oxygens (including phenoxy) is 1. The zero-order valence-electron chi connectivity index (χ0n) is 15.6. The number of ketones is 1. The van der Waals surface area contributed by atoms with Crippen LogP contribution < -0.4 is 0 Å². The SMILES string of the molecule is C=C(CCCCCCCC)C(=O)CCCCCC[C@@H](O)C(=O)OC. The second-order valence-electron chi connectivity index (χ2n) is 6.54. The lowest BCUT2D eigenvalue weighted by Crippen LogP contribution is -2.21. The molecule has 0 bridgehead atoms. The van der Waals surface area contributed by atoms with Gasteiger partial charge in [0.15, 0.2) is 11.9 Å². The van der Waals surface area contributed by atoms with Gasteiger partial charge in [-0.1, -0.05) is 64.9 Å². The highest BCUT2D eigenvalue weighted by Gasteiger charge is 2.14. The molecule has 4 heteroatoms. The van der Waals surface area contributed by atoms with Crippen molar-refractivity contribution < 1.29 is 19.4 Å². The number of aliphatic hydroxyl groups excluding tert-OH is 1. The van der Waals surface area contributed by atoms with E-state index in [9.17, 15) is 14.7 Å². The molecule has 0 aromatic rings. The van der Waals surface area contributed by atoms with Gasteiger partial charge < -0.3 is 9.84 Å². The molecule has 1 N–H and O–H groups in total. The van der Waals surface area contributed by atoms with Gasteiger partial charge in [0.2, 0.25) is 0 Å². The lowest BCUT2D eigenvalue weighted by Gasteiger charge is -2.08. The monoisotopic (exact) mass is 340 g/mol. The van der Waals surface area contributed by atoms with Crippen LogP contribution in [0.5, 0.6) is 0 Å². The molecule has 0 heterocycles. The fraction of sp³-hybridized carbons (Fsp3) is 0.800. The van der Waals surface area contributed by atoms with Crippen molar-refractivity contribution in [2.75, 3.05) is 7.11 Å². The van der Waals surface area contributed by atoms with Crippen LogP contribution >= 0.6 is 0 Å². The van der Waals surface area contributed by atoms with Crippen LogP contribution in [0.2, 0.25) is 0 Å². The summed E-state index contributed by atoms with van der Waals surface area (Å²) < 4.78 is 4.46. The van der Waals surface area contributed by atoms with Gasteiger partial charge in [0.25, 0.3) is 0 Å². The highest BCUT2D eigenvalue weighted by Crippen LogP contribution is 2.15. The summed E-state index contributed by atoms with van der Waals surface area (Å²) in [5.74, 6) is -0.380. The van der Waals surface area contributed by atoms with E-state index in [0.29, 0.717) is 12.8 Å². The Morgan fingerprint density at radius 3 is 2.08 bits per heavy atom. The molecular weight excluding hydrogens is 304 g/mol. The van der Waals surface area contributed by atoms with E-state index in [1.54, 1.807) is 0 Å². The van der Waals surface area contributed by atoms with Crippen LogP contribution in [0.3, 0.4) is 0 Å². The summed E-state index contributed by atoms with van der Waals surface area (Å²) in [4.78, 5) is 23.0. The molecule has 0 saturated heterocycles.